The molecule has 0 radical (unpaired) electrons. The first-order valence-electron chi connectivity index (χ1n) is 8.03. The molecule has 0 bridgehead atoms. The maximum atomic E-state index is 9.78. The van der Waals surface area contributed by atoms with Gasteiger partial charge in [-0.2, -0.15) is 5.10 Å². The molecule has 0 saturated carbocycles. The van der Waals surface area contributed by atoms with Crippen molar-refractivity contribution in [1.82, 2.24) is 10.3 Å². The number of carbonyl (C=O) groups is 1. The quantitative estimate of drug-likeness (QED) is 0.404. The van der Waals surface area contributed by atoms with Crippen LogP contribution < -0.4 is 5.32 Å². The van der Waals surface area contributed by atoms with Gasteiger partial charge in [-0.3, -0.25) is 4.79 Å². The summed E-state index contributed by atoms with van der Waals surface area (Å²) in [4.78, 5) is 9.70. The van der Waals surface area contributed by atoms with Gasteiger partial charge in [0.1, 0.15) is 12.2 Å². The Balaban J connectivity index is 0.000000922. The minimum atomic E-state index is -1.08. The van der Waals surface area contributed by atoms with Gasteiger partial charge < -0.3 is 25.4 Å². The molecule has 0 spiro atoms. The minimum absolute atomic E-state index is 0.00463. The molecule has 1 aliphatic rings. The predicted octanol–water partition coefficient (Wildman–Crippen LogP) is 0.189. The summed E-state index contributed by atoms with van der Waals surface area (Å²) < 4.78 is 5.54. The summed E-state index contributed by atoms with van der Waals surface area (Å²) in [6.07, 6.45) is 0.644. The zero-order valence-electron chi connectivity index (χ0n) is 15.0. The van der Waals surface area contributed by atoms with Gasteiger partial charge in [-0.1, -0.05) is 18.9 Å². The lowest BCUT2D eigenvalue weighted by Crippen LogP contribution is -2.53. The van der Waals surface area contributed by atoms with E-state index in [9.17, 15) is 15.0 Å². The Bertz CT molecular complexity index is 417. The molecule has 0 aromatic heterocycles. The predicted molar refractivity (Wildman–Crippen MR) is 92.2 cm³/mol. The van der Waals surface area contributed by atoms with Crippen LogP contribution in [-0.4, -0.2) is 71.1 Å². The van der Waals surface area contributed by atoms with Gasteiger partial charge in [-0.15, -0.1) is 0 Å². The van der Waals surface area contributed by atoms with Crippen molar-refractivity contribution in [2.75, 3.05) is 13.7 Å². The number of ether oxygens (including phenoxy) is 1. The normalized spacial score (nSPS) is 26.9. The molecule has 1 heterocycles. The van der Waals surface area contributed by atoms with Gasteiger partial charge >= 0.3 is 0 Å². The van der Waals surface area contributed by atoms with Crippen molar-refractivity contribution in [3.8, 4) is 0 Å². The van der Waals surface area contributed by atoms with E-state index in [1.807, 2.05) is 13.1 Å². The average Bonchev–Trinajstić information content (AvgIpc) is 2.55. The van der Waals surface area contributed by atoms with E-state index in [0.29, 0.717) is 0 Å². The molecule has 140 valence electrons. The summed E-state index contributed by atoms with van der Waals surface area (Å²) in [5.74, 6) is 0.00463. The second kappa shape index (κ2) is 12.0. The smallest absolute Gasteiger partial charge is 0.216 e. The van der Waals surface area contributed by atoms with Crippen molar-refractivity contribution in [2.45, 2.75) is 64.6 Å². The number of nitrogens with one attached hydrogen (secondary N) is 1. The van der Waals surface area contributed by atoms with Crippen LogP contribution in [0.25, 0.3) is 0 Å². The second-order valence-corrected chi connectivity index (χ2v) is 5.66. The molecule has 1 amide bonds. The summed E-state index contributed by atoms with van der Waals surface area (Å²) in [6, 6.07) is 0. The van der Waals surface area contributed by atoms with Gasteiger partial charge in [-0.25, -0.2) is 5.01 Å². The number of allylic oxidation sites excluding steroid dienone is 1. The summed E-state index contributed by atoms with van der Waals surface area (Å²) in [5.41, 5.74) is 1.12. The minimum Gasteiger partial charge on any atom is -0.394 e. The molecule has 0 aliphatic carbocycles. The molecule has 1 saturated heterocycles. The summed E-state index contributed by atoms with van der Waals surface area (Å²) >= 11 is 0. The highest BCUT2D eigenvalue weighted by atomic mass is 16.5. The van der Waals surface area contributed by atoms with Crippen LogP contribution >= 0.6 is 0 Å². The summed E-state index contributed by atoms with van der Waals surface area (Å²) in [6.45, 7) is 8.68. The molecule has 0 aromatic carbocycles. The van der Waals surface area contributed by atoms with Crippen LogP contribution in [0, 0.1) is 0 Å². The molecule has 4 N–H and O–H groups in total. The highest BCUT2D eigenvalue weighted by Crippen LogP contribution is 2.24. The molecule has 0 aromatic rings. The van der Waals surface area contributed by atoms with Crippen LogP contribution in [-0.2, 0) is 9.53 Å². The van der Waals surface area contributed by atoms with Crippen molar-refractivity contribution < 1.29 is 24.9 Å². The number of rotatable bonds is 6. The van der Waals surface area contributed by atoms with E-state index in [1.165, 1.54) is 11.9 Å². The van der Waals surface area contributed by atoms with Gasteiger partial charge in [-0.05, 0) is 13.3 Å². The number of carbonyl (C=O) groups excluding carboxylic acids is 1. The topological polar surface area (TPSA) is 115 Å². The fourth-order valence-corrected chi connectivity index (χ4v) is 2.15. The Morgan fingerprint density at radius 1 is 1.46 bits per heavy atom. The Hall–Kier alpha value is -1.48. The van der Waals surface area contributed by atoms with Crippen LogP contribution in [0.15, 0.2) is 16.9 Å². The van der Waals surface area contributed by atoms with Gasteiger partial charge in [0, 0.05) is 33.3 Å². The molecular formula is C16H31N3O5. The Morgan fingerprint density at radius 2 is 2.04 bits per heavy atom. The molecule has 24 heavy (non-hydrogen) atoms. The van der Waals surface area contributed by atoms with E-state index in [-0.39, 0.29) is 18.9 Å². The molecule has 1 aliphatic heterocycles. The van der Waals surface area contributed by atoms with Crippen molar-refractivity contribution in [3.05, 3.63) is 11.8 Å². The highest BCUT2D eigenvalue weighted by molar-refractivity contribution is 5.72. The number of hydrogen-bond donors (Lipinski definition) is 4. The van der Waals surface area contributed by atoms with E-state index in [1.54, 1.807) is 7.05 Å². The Labute approximate surface area is 143 Å². The summed E-state index contributed by atoms with van der Waals surface area (Å²) in [5, 5.41) is 36.4. The van der Waals surface area contributed by atoms with E-state index >= 15 is 0 Å². The fourth-order valence-electron chi connectivity index (χ4n) is 2.15. The third kappa shape index (κ3) is 7.87. The number of hydrogen-bond acceptors (Lipinski definition) is 7. The number of nitrogens with zero attached hydrogens (tertiary/aromatic N) is 2. The largest absolute Gasteiger partial charge is 0.394 e. The zero-order chi connectivity index (χ0) is 18.7. The monoisotopic (exact) mass is 345 g/mol. The summed E-state index contributed by atoms with van der Waals surface area (Å²) in [7, 11) is 1.60. The van der Waals surface area contributed by atoms with Crippen molar-refractivity contribution in [3.63, 3.8) is 0 Å². The first-order valence-corrected chi connectivity index (χ1v) is 8.03. The van der Waals surface area contributed by atoms with E-state index in [4.69, 9.17) is 9.84 Å². The maximum absolute atomic E-state index is 9.78. The lowest BCUT2D eigenvalue weighted by Gasteiger charge is -2.39. The van der Waals surface area contributed by atoms with Crippen molar-refractivity contribution in [1.29, 1.82) is 0 Å². The van der Waals surface area contributed by atoms with Gasteiger partial charge in [0.15, 0.2) is 6.23 Å². The molecule has 4 atom stereocenters. The van der Waals surface area contributed by atoms with E-state index < -0.39 is 24.5 Å². The Kier molecular flexibility index (Phi) is 11.2. The number of amides is 1. The molecule has 1 fully saturated rings. The van der Waals surface area contributed by atoms with E-state index in [0.717, 1.165) is 18.4 Å². The van der Waals surface area contributed by atoms with Crippen LogP contribution in [0.4, 0.5) is 0 Å². The standard InChI is InChI=1S/C13H24N2O4.C3H7NO/c1-4-5-9(2)7-15(14-3)12-6-10(17)13(18)11(8-16)19-12;1-3(5)4-2/h7,10-13,16-18H,3-6,8H2,1-2H3;1-2H3,(H,4,5)/b9-7-;. The van der Waals surface area contributed by atoms with Gasteiger partial charge in [0.05, 0.1) is 12.7 Å². The van der Waals surface area contributed by atoms with Crippen LogP contribution in [0.5, 0.6) is 0 Å². The molecule has 8 nitrogen and oxygen atoms in total. The molecule has 4 unspecified atom stereocenters. The molecule has 1 rings (SSSR count). The third-order valence-corrected chi connectivity index (χ3v) is 3.54. The fraction of sp³-hybridized carbons (Fsp3) is 0.750. The van der Waals surface area contributed by atoms with Crippen LogP contribution in [0.2, 0.25) is 0 Å². The first kappa shape index (κ1) is 22.5. The lowest BCUT2D eigenvalue weighted by atomic mass is 10.0. The number of hydrazone groups is 1. The number of aliphatic hydroxyl groups is 3. The van der Waals surface area contributed by atoms with Gasteiger partial charge in [0.25, 0.3) is 0 Å². The van der Waals surface area contributed by atoms with Crippen molar-refractivity contribution >= 4 is 12.6 Å². The molecule has 8 heteroatoms. The van der Waals surface area contributed by atoms with Crippen molar-refractivity contribution in [2.24, 2.45) is 5.10 Å². The zero-order valence-corrected chi connectivity index (χ0v) is 15.0. The first-order chi connectivity index (χ1) is 11.3. The van der Waals surface area contributed by atoms with Gasteiger partial charge in [0.2, 0.25) is 5.91 Å². The van der Waals surface area contributed by atoms with Crippen LogP contribution in [0.1, 0.15) is 40.0 Å². The van der Waals surface area contributed by atoms with Crippen LogP contribution in [0.3, 0.4) is 0 Å². The second-order valence-electron chi connectivity index (χ2n) is 5.66. The maximum Gasteiger partial charge on any atom is 0.216 e. The SMILES string of the molecule is C=NN(/C=C(/C)CCC)C1CC(O)C(O)C(CO)O1.CNC(C)=O. The average molecular weight is 345 g/mol. The lowest BCUT2D eigenvalue weighted by molar-refractivity contribution is -0.210. The van der Waals surface area contributed by atoms with E-state index in [2.05, 4.69) is 24.1 Å². The molecular weight excluding hydrogens is 314 g/mol. The highest BCUT2D eigenvalue weighted by Gasteiger charge is 2.38. The third-order valence-electron chi connectivity index (χ3n) is 3.54. The number of aliphatic hydroxyl groups excluding tert-OH is 3. The Morgan fingerprint density at radius 3 is 2.46 bits per heavy atom.